The van der Waals surface area contributed by atoms with Crippen molar-refractivity contribution in [1.29, 1.82) is 0 Å². The number of nitrogens with zero attached hydrogens (tertiary/aromatic N) is 3. The summed E-state index contributed by atoms with van der Waals surface area (Å²) in [5.41, 5.74) is 1.48. The summed E-state index contributed by atoms with van der Waals surface area (Å²) in [4.78, 5) is 33.9. The van der Waals surface area contributed by atoms with Crippen molar-refractivity contribution in [3.8, 4) is 0 Å². The van der Waals surface area contributed by atoms with Gasteiger partial charge in [-0.15, -0.1) is 11.8 Å². The first-order valence-electron chi connectivity index (χ1n) is 8.36. The highest BCUT2D eigenvalue weighted by atomic mass is 32.2. The Balaban J connectivity index is 1.66. The minimum Gasteiger partial charge on any atom is -0.363 e. The van der Waals surface area contributed by atoms with Crippen LogP contribution in [0, 0.1) is 5.92 Å². The molecule has 1 atom stereocenters. The van der Waals surface area contributed by atoms with E-state index in [1.165, 1.54) is 0 Å². The van der Waals surface area contributed by atoms with Gasteiger partial charge in [0, 0.05) is 37.6 Å². The number of aromatic nitrogens is 1. The van der Waals surface area contributed by atoms with Crippen LogP contribution in [-0.2, 0) is 9.59 Å². The third kappa shape index (κ3) is 3.99. The summed E-state index contributed by atoms with van der Waals surface area (Å²) in [6.07, 6.45) is 3.85. The molecule has 0 bridgehead atoms. The minimum atomic E-state index is -0.367. The van der Waals surface area contributed by atoms with E-state index >= 15 is 0 Å². The van der Waals surface area contributed by atoms with Crippen LogP contribution in [0.15, 0.2) is 47.5 Å². The highest BCUT2D eigenvalue weighted by Gasteiger charge is 2.35. The van der Waals surface area contributed by atoms with Crippen LogP contribution in [-0.4, -0.2) is 43.7 Å². The van der Waals surface area contributed by atoms with E-state index < -0.39 is 0 Å². The van der Waals surface area contributed by atoms with Gasteiger partial charge in [-0.2, -0.15) is 0 Å². The molecule has 0 aliphatic carbocycles. The smallest absolute Gasteiger partial charge is 0.229 e. The lowest BCUT2D eigenvalue weighted by Gasteiger charge is -2.17. The molecule has 1 saturated heterocycles. The molecule has 0 saturated carbocycles. The number of rotatable bonds is 5. The fraction of sp³-hybridized carbons (Fsp3) is 0.316. The van der Waals surface area contributed by atoms with E-state index in [1.54, 1.807) is 22.9 Å². The molecule has 0 spiro atoms. The number of carbonyl (C=O) groups is 2. The predicted octanol–water partition coefficient (Wildman–Crippen LogP) is 2.86. The van der Waals surface area contributed by atoms with Crippen molar-refractivity contribution >= 4 is 40.8 Å². The van der Waals surface area contributed by atoms with Crippen molar-refractivity contribution in [1.82, 2.24) is 4.98 Å². The molecule has 2 aromatic rings. The lowest BCUT2D eigenvalue weighted by molar-refractivity contribution is -0.122. The van der Waals surface area contributed by atoms with E-state index in [2.05, 4.69) is 10.3 Å². The highest BCUT2D eigenvalue weighted by Crippen LogP contribution is 2.28. The van der Waals surface area contributed by atoms with Crippen LogP contribution in [0.2, 0.25) is 0 Å². The van der Waals surface area contributed by atoms with Gasteiger partial charge in [0.1, 0.15) is 5.82 Å². The monoisotopic (exact) mass is 370 g/mol. The zero-order chi connectivity index (χ0) is 18.7. The predicted molar refractivity (Wildman–Crippen MR) is 106 cm³/mol. The lowest BCUT2D eigenvalue weighted by atomic mass is 10.1. The average molecular weight is 370 g/mol. The van der Waals surface area contributed by atoms with E-state index in [4.69, 9.17) is 0 Å². The first kappa shape index (κ1) is 18.3. The number of amides is 2. The Morgan fingerprint density at radius 2 is 2.12 bits per heavy atom. The van der Waals surface area contributed by atoms with E-state index in [9.17, 15) is 9.59 Å². The number of benzene rings is 1. The maximum Gasteiger partial charge on any atom is 0.229 e. The van der Waals surface area contributed by atoms with Gasteiger partial charge in [-0.05, 0) is 36.6 Å². The van der Waals surface area contributed by atoms with Crippen LogP contribution in [0.1, 0.15) is 6.42 Å². The van der Waals surface area contributed by atoms with Crippen LogP contribution < -0.4 is 15.1 Å². The van der Waals surface area contributed by atoms with E-state index in [1.807, 2.05) is 61.6 Å². The maximum absolute atomic E-state index is 12.5. The average Bonchev–Trinajstić information content (AvgIpc) is 3.04. The molecule has 3 rings (SSSR count). The van der Waals surface area contributed by atoms with E-state index in [0.717, 1.165) is 16.4 Å². The van der Waals surface area contributed by atoms with Crippen molar-refractivity contribution < 1.29 is 9.59 Å². The summed E-state index contributed by atoms with van der Waals surface area (Å²) in [6, 6.07) is 11.5. The molecule has 1 unspecified atom stereocenters. The Hall–Kier alpha value is -2.54. The molecule has 6 nitrogen and oxygen atoms in total. The normalized spacial score (nSPS) is 16.7. The molecular weight excluding hydrogens is 348 g/mol. The van der Waals surface area contributed by atoms with Gasteiger partial charge < -0.3 is 15.1 Å². The Morgan fingerprint density at radius 1 is 1.31 bits per heavy atom. The number of hydrogen-bond donors (Lipinski definition) is 1. The Kier molecular flexibility index (Phi) is 5.46. The second-order valence-electron chi connectivity index (χ2n) is 6.40. The van der Waals surface area contributed by atoms with Crippen molar-refractivity contribution in [3.63, 3.8) is 0 Å². The summed E-state index contributed by atoms with van der Waals surface area (Å²) in [5, 5.41) is 2.86. The molecule has 2 amide bonds. The summed E-state index contributed by atoms with van der Waals surface area (Å²) >= 11 is 1.63. The Morgan fingerprint density at radius 3 is 2.77 bits per heavy atom. The zero-order valence-corrected chi connectivity index (χ0v) is 15.9. The SMILES string of the molecule is CSc1cccc(N2CC(C(=O)Nc3ccc(N(C)C)nc3)CC2=O)c1. The van der Waals surface area contributed by atoms with Crippen LogP contribution in [0.3, 0.4) is 0 Å². The van der Waals surface area contributed by atoms with Crippen molar-refractivity contribution in [2.75, 3.05) is 42.0 Å². The number of thioether (sulfide) groups is 1. The molecule has 1 aliphatic heterocycles. The number of pyridine rings is 1. The van der Waals surface area contributed by atoms with Crippen LogP contribution in [0.5, 0.6) is 0 Å². The van der Waals surface area contributed by atoms with Gasteiger partial charge in [-0.1, -0.05) is 6.07 Å². The summed E-state index contributed by atoms with van der Waals surface area (Å²) in [6.45, 7) is 0.395. The number of anilines is 3. The van der Waals surface area contributed by atoms with Crippen molar-refractivity contribution in [2.24, 2.45) is 5.92 Å². The van der Waals surface area contributed by atoms with Crippen LogP contribution in [0.25, 0.3) is 0 Å². The Labute approximate surface area is 157 Å². The second kappa shape index (κ2) is 7.78. The number of carbonyl (C=O) groups excluding carboxylic acids is 2. The number of nitrogens with one attached hydrogen (secondary N) is 1. The number of hydrogen-bond acceptors (Lipinski definition) is 5. The topological polar surface area (TPSA) is 65.5 Å². The largest absolute Gasteiger partial charge is 0.363 e. The van der Waals surface area contributed by atoms with Crippen LogP contribution in [0.4, 0.5) is 17.2 Å². The van der Waals surface area contributed by atoms with Gasteiger partial charge in [0.2, 0.25) is 11.8 Å². The van der Waals surface area contributed by atoms with E-state index in [-0.39, 0.29) is 24.2 Å². The van der Waals surface area contributed by atoms with Gasteiger partial charge in [0.25, 0.3) is 0 Å². The molecule has 1 aromatic heterocycles. The van der Waals surface area contributed by atoms with E-state index in [0.29, 0.717) is 12.2 Å². The summed E-state index contributed by atoms with van der Waals surface area (Å²) in [5.74, 6) is 0.276. The molecule has 1 fully saturated rings. The Bertz CT molecular complexity index is 807. The lowest BCUT2D eigenvalue weighted by Crippen LogP contribution is -2.28. The fourth-order valence-electron chi connectivity index (χ4n) is 2.88. The van der Waals surface area contributed by atoms with Gasteiger partial charge >= 0.3 is 0 Å². The van der Waals surface area contributed by atoms with Gasteiger partial charge in [-0.25, -0.2) is 4.98 Å². The maximum atomic E-state index is 12.5. The standard InChI is InChI=1S/C19H22N4O2S/c1-22(2)17-8-7-14(11-20-17)21-19(25)13-9-18(24)23(12-13)15-5-4-6-16(10-15)26-3/h4-8,10-11,13H,9,12H2,1-3H3,(H,21,25). The molecule has 26 heavy (non-hydrogen) atoms. The molecular formula is C19H22N4O2S. The molecule has 2 heterocycles. The summed E-state index contributed by atoms with van der Waals surface area (Å²) < 4.78 is 0. The highest BCUT2D eigenvalue weighted by molar-refractivity contribution is 7.98. The van der Waals surface area contributed by atoms with Crippen LogP contribution >= 0.6 is 11.8 Å². The molecule has 1 aliphatic rings. The molecule has 1 aromatic carbocycles. The van der Waals surface area contributed by atoms with Crippen molar-refractivity contribution in [3.05, 3.63) is 42.6 Å². The third-order valence-electron chi connectivity index (χ3n) is 4.33. The minimum absolute atomic E-state index is 0.0236. The fourth-order valence-corrected chi connectivity index (χ4v) is 3.33. The zero-order valence-electron chi connectivity index (χ0n) is 15.1. The first-order valence-corrected chi connectivity index (χ1v) is 9.59. The quantitative estimate of drug-likeness (QED) is 0.820. The van der Waals surface area contributed by atoms with Gasteiger partial charge in [0.15, 0.2) is 0 Å². The van der Waals surface area contributed by atoms with Gasteiger partial charge in [-0.3, -0.25) is 9.59 Å². The van der Waals surface area contributed by atoms with Crippen molar-refractivity contribution in [2.45, 2.75) is 11.3 Å². The van der Waals surface area contributed by atoms with Gasteiger partial charge in [0.05, 0.1) is 17.8 Å². The third-order valence-corrected chi connectivity index (χ3v) is 5.06. The molecule has 7 heteroatoms. The molecule has 0 radical (unpaired) electrons. The molecule has 136 valence electrons. The summed E-state index contributed by atoms with van der Waals surface area (Å²) in [7, 11) is 3.82. The second-order valence-corrected chi connectivity index (χ2v) is 7.28. The first-order chi connectivity index (χ1) is 12.5. The molecule has 1 N–H and O–H groups in total.